The lowest BCUT2D eigenvalue weighted by Crippen LogP contribution is -2.30. The van der Waals surface area contributed by atoms with Crippen molar-refractivity contribution in [2.24, 2.45) is 11.7 Å². The number of anilines is 2. The molecule has 4 heteroatoms. The summed E-state index contributed by atoms with van der Waals surface area (Å²) in [4.78, 5) is 6.31. The van der Waals surface area contributed by atoms with E-state index in [2.05, 4.69) is 29.3 Å². The minimum atomic E-state index is 0.503. The maximum absolute atomic E-state index is 5.81. The van der Waals surface area contributed by atoms with Crippen LogP contribution in [-0.2, 0) is 0 Å². The second-order valence-corrected chi connectivity index (χ2v) is 4.96. The van der Waals surface area contributed by atoms with Gasteiger partial charge >= 0.3 is 0 Å². The van der Waals surface area contributed by atoms with Crippen LogP contribution in [0.2, 0.25) is 0 Å². The molecule has 4 nitrogen and oxygen atoms in total. The molecule has 0 aromatic carbocycles. The van der Waals surface area contributed by atoms with Crippen molar-refractivity contribution in [3.8, 4) is 0 Å². The number of nitrogens with two attached hydrogens (primary N) is 1. The average Bonchev–Trinajstić information content (AvgIpc) is 2.77. The zero-order valence-electron chi connectivity index (χ0n) is 10.7. The monoisotopic (exact) mass is 234 g/mol. The highest BCUT2D eigenvalue weighted by Crippen LogP contribution is 2.30. The normalized spacial score (nSPS) is 23.7. The summed E-state index contributed by atoms with van der Waals surface area (Å²) < 4.78 is 0. The first-order valence-corrected chi connectivity index (χ1v) is 6.30. The molecule has 0 radical (unpaired) electrons. The molecule has 1 aliphatic rings. The minimum absolute atomic E-state index is 0.503. The molecule has 0 spiro atoms. The van der Waals surface area contributed by atoms with E-state index in [1.807, 2.05) is 18.5 Å². The number of nitrogens with zero attached hydrogens (tertiary/aromatic N) is 2. The van der Waals surface area contributed by atoms with Gasteiger partial charge in [-0.05, 0) is 31.4 Å². The van der Waals surface area contributed by atoms with Crippen molar-refractivity contribution in [2.75, 3.05) is 30.9 Å². The van der Waals surface area contributed by atoms with Gasteiger partial charge in [-0.15, -0.1) is 0 Å². The Kier molecular flexibility index (Phi) is 3.84. The molecule has 1 saturated carbocycles. The Labute approximate surface area is 103 Å². The minimum Gasteiger partial charge on any atom is -0.379 e. The van der Waals surface area contributed by atoms with Gasteiger partial charge in [0.25, 0.3) is 0 Å². The fraction of sp³-hybridized carbons (Fsp3) is 0.615. The summed E-state index contributed by atoms with van der Waals surface area (Å²) in [7, 11) is 4.10. The van der Waals surface area contributed by atoms with Gasteiger partial charge in [0, 0.05) is 26.3 Å². The molecule has 1 aliphatic carbocycles. The molecule has 1 fully saturated rings. The summed E-state index contributed by atoms with van der Waals surface area (Å²) in [6, 6.07) is 2.54. The molecule has 1 aromatic heterocycles. The first kappa shape index (κ1) is 12.2. The third-order valence-corrected chi connectivity index (χ3v) is 3.58. The Morgan fingerprint density at radius 3 is 3.00 bits per heavy atom. The Balaban J connectivity index is 2.12. The molecule has 0 saturated heterocycles. The van der Waals surface area contributed by atoms with Crippen LogP contribution in [0, 0.1) is 5.92 Å². The van der Waals surface area contributed by atoms with Crippen LogP contribution in [0.4, 0.5) is 11.4 Å². The van der Waals surface area contributed by atoms with E-state index >= 15 is 0 Å². The summed E-state index contributed by atoms with van der Waals surface area (Å²) >= 11 is 0. The number of nitrogens with one attached hydrogen (secondary N) is 1. The first-order chi connectivity index (χ1) is 8.22. The fourth-order valence-electron chi connectivity index (χ4n) is 2.60. The molecule has 2 rings (SSSR count). The molecular formula is C13H22N4. The Bertz CT molecular complexity index is 364. The van der Waals surface area contributed by atoms with Crippen molar-refractivity contribution in [1.29, 1.82) is 0 Å². The Hall–Kier alpha value is -1.29. The molecule has 0 bridgehead atoms. The van der Waals surface area contributed by atoms with Gasteiger partial charge in [-0.25, -0.2) is 0 Å². The second kappa shape index (κ2) is 5.36. The van der Waals surface area contributed by atoms with E-state index in [-0.39, 0.29) is 0 Å². The van der Waals surface area contributed by atoms with E-state index in [1.54, 1.807) is 0 Å². The van der Waals surface area contributed by atoms with Crippen molar-refractivity contribution in [1.82, 2.24) is 4.98 Å². The molecule has 2 unspecified atom stereocenters. The van der Waals surface area contributed by atoms with Crippen molar-refractivity contribution >= 4 is 11.4 Å². The van der Waals surface area contributed by atoms with Crippen LogP contribution in [-0.4, -0.2) is 31.7 Å². The van der Waals surface area contributed by atoms with Crippen molar-refractivity contribution in [2.45, 2.75) is 25.3 Å². The molecule has 3 N–H and O–H groups in total. The van der Waals surface area contributed by atoms with Crippen LogP contribution in [0.5, 0.6) is 0 Å². The number of hydrogen-bond donors (Lipinski definition) is 2. The zero-order chi connectivity index (χ0) is 12.3. The lowest BCUT2D eigenvalue weighted by molar-refractivity contribution is 0.516. The second-order valence-electron chi connectivity index (χ2n) is 4.96. The standard InChI is InChI=1S/C13H22N4/c1-17(2)13-6-7-15-9-12(13)16-11-5-3-4-10(11)8-14/h6-7,9-11,16H,3-5,8,14H2,1-2H3. The average molecular weight is 234 g/mol. The van der Waals surface area contributed by atoms with Crippen LogP contribution in [0.3, 0.4) is 0 Å². The van der Waals surface area contributed by atoms with Crippen molar-refractivity contribution < 1.29 is 0 Å². The van der Waals surface area contributed by atoms with Gasteiger partial charge in [-0.1, -0.05) is 6.42 Å². The molecule has 0 amide bonds. The Morgan fingerprint density at radius 1 is 1.47 bits per heavy atom. The summed E-state index contributed by atoms with van der Waals surface area (Å²) in [6.07, 6.45) is 7.46. The highest BCUT2D eigenvalue weighted by atomic mass is 15.1. The summed E-state index contributed by atoms with van der Waals surface area (Å²) in [5, 5.41) is 3.61. The van der Waals surface area contributed by atoms with Crippen LogP contribution >= 0.6 is 0 Å². The molecule has 1 heterocycles. The summed E-state index contributed by atoms with van der Waals surface area (Å²) in [5.41, 5.74) is 8.11. The number of pyridine rings is 1. The molecular weight excluding hydrogens is 212 g/mol. The van der Waals surface area contributed by atoms with E-state index in [4.69, 9.17) is 5.73 Å². The number of rotatable bonds is 4. The van der Waals surface area contributed by atoms with E-state index < -0.39 is 0 Å². The quantitative estimate of drug-likeness (QED) is 0.832. The number of hydrogen-bond acceptors (Lipinski definition) is 4. The van der Waals surface area contributed by atoms with Crippen molar-refractivity contribution in [3.63, 3.8) is 0 Å². The lowest BCUT2D eigenvalue weighted by Gasteiger charge is -2.24. The topological polar surface area (TPSA) is 54.2 Å². The summed E-state index contributed by atoms with van der Waals surface area (Å²) in [5.74, 6) is 0.602. The van der Waals surface area contributed by atoms with Gasteiger partial charge in [0.2, 0.25) is 0 Å². The predicted octanol–water partition coefficient (Wildman–Crippen LogP) is 1.69. The van der Waals surface area contributed by atoms with Gasteiger partial charge in [0.15, 0.2) is 0 Å². The number of aromatic nitrogens is 1. The van der Waals surface area contributed by atoms with E-state index in [0.29, 0.717) is 12.0 Å². The third kappa shape index (κ3) is 2.69. The Morgan fingerprint density at radius 2 is 2.29 bits per heavy atom. The van der Waals surface area contributed by atoms with Gasteiger partial charge < -0.3 is 16.0 Å². The van der Waals surface area contributed by atoms with Gasteiger partial charge in [0.05, 0.1) is 17.6 Å². The molecule has 1 aromatic rings. The maximum atomic E-state index is 5.81. The fourth-order valence-corrected chi connectivity index (χ4v) is 2.60. The maximum Gasteiger partial charge on any atom is 0.0766 e. The van der Waals surface area contributed by atoms with Crippen molar-refractivity contribution in [3.05, 3.63) is 18.5 Å². The van der Waals surface area contributed by atoms with Crippen LogP contribution < -0.4 is 16.0 Å². The highest BCUT2D eigenvalue weighted by Gasteiger charge is 2.26. The van der Waals surface area contributed by atoms with E-state index in [9.17, 15) is 0 Å². The van der Waals surface area contributed by atoms with Gasteiger partial charge in [-0.2, -0.15) is 0 Å². The largest absolute Gasteiger partial charge is 0.379 e. The van der Waals surface area contributed by atoms with E-state index in [0.717, 1.165) is 12.2 Å². The predicted molar refractivity (Wildman–Crippen MR) is 72.4 cm³/mol. The SMILES string of the molecule is CN(C)c1ccncc1NC1CCCC1CN. The van der Waals surface area contributed by atoms with Crippen LogP contribution in [0.25, 0.3) is 0 Å². The first-order valence-electron chi connectivity index (χ1n) is 6.30. The zero-order valence-corrected chi connectivity index (χ0v) is 10.7. The molecule has 94 valence electrons. The molecule has 0 aliphatic heterocycles. The van der Waals surface area contributed by atoms with Crippen LogP contribution in [0.1, 0.15) is 19.3 Å². The molecule has 2 atom stereocenters. The smallest absolute Gasteiger partial charge is 0.0766 e. The highest BCUT2D eigenvalue weighted by molar-refractivity contribution is 5.68. The molecule has 17 heavy (non-hydrogen) atoms. The lowest BCUT2D eigenvalue weighted by atomic mass is 10.0. The summed E-state index contributed by atoms with van der Waals surface area (Å²) in [6.45, 7) is 0.773. The van der Waals surface area contributed by atoms with Crippen LogP contribution in [0.15, 0.2) is 18.5 Å². The van der Waals surface area contributed by atoms with Gasteiger partial charge in [-0.3, -0.25) is 4.98 Å². The van der Waals surface area contributed by atoms with E-state index in [1.165, 1.54) is 24.9 Å². The van der Waals surface area contributed by atoms with Gasteiger partial charge in [0.1, 0.15) is 0 Å². The third-order valence-electron chi connectivity index (χ3n) is 3.58.